The van der Waals surface area contributed by atoms with Crippen molar-refractivity contribution < 1.29 is 14.7 Å². The lowest BCUT2D eigenvalue weighted by atomic mass is 9.99. The molecule has 1 fully saturated rings. The molecular weight excluding hydrogens is 220 g/mol. The van der Waals surface area contributed by atoms with Crippen molar-refractivity contribution >= 4 is 12.0 Å². The van der Waals surface area contributed by atoms with Crippen LogP contribution in [0.2, 0.25) is 0 Å². The number of carboxylic acids is 1. The van der Waals surface area contributed by atoms with Gasteiger partial charge in [-0.2, -0.15) is 0 Å². The summed E-state index contributed by atoms with van der Waals surface area (Å²) in [7, 11) is 0. The highest BCUT2D eigenvalue weighted by molar-refractivity contribution is 5.77. The number of nitrogens with zero attached hydrogens (tertiary/aromatic N) is 2. The largest absolute Gasteiger partial charge is 0.481 e. The maximum absolute atomic E-state index is 12.1. The second kappa shape index (κ2) is 5.89. The molecule has 1 aliphatic heterocycles. The van der Waals surface area contributed by atoms with Crippen LogP contribution in [-0.4, -0.2) is 53.1 Å². The van der Waals surface area contributed by atoms with Crippen LogP contribution in [0.15, 0.2) is 0 Å². The van der Waals surface area contributed by atoms with Gasteiger partial charge in [0.25, 0.3) is 0 Å². The third-order valence-electron chi connectivity index (χ3n) is 3.35. The molecule has 1 heterocycles. The van der Waals surface area contributed by atoms with Gasteiger partial charge in [0.2, 0.25) is 0 Å². The van der Waals surface area contributed by atoms with Gasteiger partial charge in [0.05, 0.1) is 5.92 Å². The Hall–Kier alpha value is -1.26. The Balaban J connectivity index is 2.63. The van der Waals surface area contributed by atoms with E-state index >= 15 is 0 Å². The number of likely N-dealkylation sites (tertiary alicyclic amines) is 1. The Labute approximate surface area is 102 Å². The molecular formula is C12H22N2O3. The topological polar surface area (TPSA) is 60.9 Å². The van der Waals surface area contributed by atoms with E-state index in [9.17, 15) is 9.59 Å². The SMILES string of the molecule is CCCN(CC)C(=O)N1CC(C)C(C(=O)O)C1. The van der Waals surface area contributed by atoms with Crippen molar-refractivity contribution in [1.82, 2.24) is 9.80 Å². The van der Waals surface area contributed by atoms with Crippen molar-refractivity contribution in [2.75, 3.05) is 26.2 Å². The molecule has 0 aromatic heterocycles. The van der Waals surface area contributed by atoms with Crippen molar-refractivity contribution in [3.8, 4) is 0 Å². The van der Waals surface area contributed by atoms with Gasteiger partial charge >= 0.3 is 12.0 Å². The number of hydrogen-bond acceptors (Lipinski definition) is 2. The number of aliphatic carboxylic acids is 1. The zero-order valence-electron chi connectivity index (χ0n) is 10.8. The monoisotopic (exact) mass is 242 g/mol. The van der Waals surface area contributed by atoms with Crippen LogP contribution in [-0.2, 0) is 4.79 Å². The quantitative estimate of drug-likeness (QED) is 0.812. The Bertz CT molecular complexity index is 293. The summed E-state index contributed by atoms with van der Waals surface area (Å²) in [6, 6.07) is -0.0232. The highest BCUT2D eigenvalue weighted by Crippen LogP contribution is 2.24. The van der Waals surface area contributed by atoms with Gasteiger partial charge < -0.3 is 14.9 Å². The van der Waals surface area contributed by atoms with E-state index in [0.29, 0.717) is 19.6 Å². The minimum absolute atomic E-state index is 0.0232. The van der Waals surface area contributed by atoms with E-state index in [1.165, 1.54) is 0 Å². The van der Waals surface area contributed by atoms with Crippen LogP contribution in [0.1, 0.15) is 27.2 Å². The molecule has 17 heavy (non-hydrogen) atoms. The molecule has 0 aliphatic carbocycles. The molecule has 0 radical (unpaired) electrons. The van der Waals surface area contributed by atoms with Gasteiger partial charge in [0.15, 0.2) is 0 Å². The Morgan fingerprint density at radius 2 is 2.00 bits per heavy atom. The molecule has 1 saturated heterocycles. The highest BCUT2D eigenvalue weighted by atomic mass is 16.4. The summed E-state index contributed by atoms with van der Waals surface area (Å²) < 4.78 is 0. The van der Waals surface area contributed by atoms with Gasteiger partial charge in [-0.3, -0.25) is 4.79 Å². The molecule has 2 atom stereocenters. The first kappa shape index (κ1) is 13.8. The molecule has 2 amide bonds. The Morgan fingerprint density at radius 1 is 1.35 bits per heavy atom. The maximum atomic E-state index is 12.1. The summed E-state index contributed by atoms with van der Waals surface area (Å²) in [5.41, 5.74) is 0. The number of amides is 2. The van der Waals surface area contributed by atoms with Crippen LogP contribution in [0.5, 0.6) is 0 Å². The van der Waals surface area contributed by atoms with E-state index < -0.39 is 11.9 Å². The van der Waals surface area contributed by atoms with Crippen molar-refractivity contribution in [3.63, 3.8) is 0 Å². The minimum atomic E-state index is -0.800. The first-order valence-electron chi connectivity index (χ1n) is 6.27. The number of carboxylic acid groups (broad SMARTS) is 1. The van der Waals surface area contributed by atoms with Gasteiger partial charge in [0.1, 0.15) is 0 Å². The Kier molecular flexibility index (Phi) is 4.78. The van der Waals surface area contributed by atoms with E-state index in [4.69, 9.17) is 5.11 Å². The Morgan fingerprint density at radius 3 is 2.41 bits per heavy atom. The fourth-order valence-corrected chi connectivity index (χ4v) is 2.30. The molecule has 2 unspecified atom stereocenters. The molecule has 0 spiro atoms. The predicted octanol–water partition coefficient (Wildman–Crippen LogP) is 1.49. The van der Waals surface area contributed by atoms with E-state index in [2.05, 4.69) is 0 Å². The smallest absolute Gasteiger partial charge is 0.320 e. The van der Waals surface area contributed by atoms with Gasteiger partial charge in [-0.05, 0) is 19.3 Å². The normalized spacial score (nSPS) is 23.8. The lowest BCUT2D eigenvalue weighted by molar-refractivity contribution is -0.142. The third kappa shape index (κ3) is 3.11. The molecule has 98 valence electrons. The van der Waals surface area contributed by atoms with Gasteiger partial charge in [0, 0.05) is 26.2 Å². The summed E-state index contributed by atoms with van der Waals surface area (Å²) in [6.07, 6.45) is 0.922. The van der Waals surface area contributed by atoms with E-state index in [0.717, 1.165) is 13.0 Å². The zero-order chi connectivity index (χ0) is 13.0. The van der Waals surface area contributed by atoms with Crippen LogP contribution in [0.25, 0.3) is 0 Å². The zero-order valence-corrected chi connectivity index (χ0v) is 10.8. The van der Waals surface area contributed by atoms with Crippen molar-refractivity contribution in [2.45, 2.75) is 27.2 Å². The highest BCUT2D eigenvalue weighted by Gasteiger charge is 2.37. The summed E-state index contributed by atoms with van der Waals surface area (Å²) in [5.74, 6) is -1.18. The summed E-state index contributed by atoms with van der Waals surface area (Å²) in [4.78, 5) is 26.6. The van der Waals surface area contributed by atoms with Gasteiger partial charge in [-0.1, -0.05) is 13.8 Å². The van der Waals surface area contributed by atoms with Crippen molar-refractivity contribution in [2.24, 2.45) is 11.8 Å². The van der Waals surface area contributed by atoms with Crippen LogP contribution >= 0.6 is 0 Å². The molecule has 1 N–H and O–H groups in total. The van der Waals surface area contributed by atoms with Gasteiger partial charge in [-0.25, -0.2) is 4.79 Å². The van der Waals surface area contributed by atoms with Crippen LogP contribution in [0, 0.1) is 11.8 Å². The molecule has 0 bridgehead atoms. The van der Waals surface area contributed by atoms with Crippen LogP contribution in [0.4, 0.5) is 4.79 Å². The first-order chi connectivity index (χ1) is 8.01. The first-order valence-corrected chi connectivity index (χ1v) is 6.27. The number of rotatable bonds is 4. The average Bonchev–Trinajstić information content (AvgIpc) is 2.67. The van der Waals surface area contributed by atoms with Crippen LogP contribution < -0.4 is 0 Å². The molecule has 0 saturated carbocycles. The predicted molar refractivity (Wildman–Crippen MR) is 64.8 cm³/mol. The standard InChI is InChI=1S/C12H22N2O3/c1-4-6-13(5-2)12(17)14-7-9(3)10(8-14)11(15)16/h9-10H,4-8H2,1-3H3,(H,15,16). The lowest BCUT2D eigenvalue weighted by Crippen LogP contribution is -2.42. The molecule has 1 aliphatic rings. The maximum Gasteiger partial charge on any atom is 0.320 e. The lowest BCUT2D eigenvalue weighted by Gasteiger charge is -2.26. The number of carbonyl (C=O) groups is 2. The summed E-state index contributed by atoms with van der Waals surface area (Å²) in [6.45, 7) is 8.17. The number of urea groups is 1. The average molecular weight is 242 g/mol. The third-order valence-corrected chi connectivity index (χ3v) is 3.35. The van der Waals surface area contributed by atoms with E-state index in [1.54, 1.807) is 9.80 Å². The number of hydrogen-bond donors (Lipinski definition) is 1. The fraction of sp³-hybridized carbons (Fsp3) is 0.833. The van der Waals surface area contributed by atoms with Crippen LogP contribution in [0.3, 0.4) is 0 Å². The second-order valence-corrected chi connectivity index (χ2v) is 4.69. The van der Waals surface area contributed by atoms with E-state index in [1.807, 2.05) is 20.8 Å². The van der Waals surface area contributed by atoms with Crippen molar-refractivity contribution in [1.29, 1.82) is 0 Å². The molecule has 5 nitrogen and oxygen atoms in total. The molecule has 0 aromatic rings. The summed E-state index contributed by atoms with van der Waals surface area (Å²) in [5, 5.41) is 9.03. The molecule has 5 heteroatoms. The fourth-order valence-electron chi connectivity index (χ4n) is 2.30. The molecule has 1 rings (SSSR count). The minimum Gasteiger partial charge on any atom is -0.481 e. The second-order valence-electron chi connectivity index (χ2n) is 4.69. The number of carbonyl (C=O) groups excluding carboxylic acids is 1. The van der Waals surface area contributed by atoms with Crippen molar-refractivity contribution in [3.05, 3.63) is 0 Å². The van der Waals surface area contributed by atoms with Gasteiger partial charge in [-0.15, -0.1) is 0 Å². The molecule has 0 aromatic carbocycles. The summed E-state index contributed by atoms with van der Waals surface area (Å²) >= 11 is 0. The van der Waals surface area contributed by atoms with E-state index in [-0.39, 0.29) is 11.9 Å².